The lowest BCUT2D eigenvalue weighted by Crippen LogP contribution is -2.30. The number of hydrogen-bond donors (Lipinski definition) is 0. The first-order valence-corrected chi connectivity index (χ1v) is 20.4. The number of aromatic nitrogens is 6. The molecule has 0 N–H and O–H groups in total. The minimum atomic E-state index is -0.144. The highest BCUT2D eigenvalue weighted by Crippen LogP contribution is 2.54. The van der Waals surface area contributed by atoms with Crippen molar-refractivity contribution >= 4 is 34.1 Å². The first kappa shape index (κ1) is 35.6. The summed E-state index contributed by atoms with van der Waals surface area (Å²) in [6.07, 6.45) is 4.01. The zero-order valence-electron chi connectivity index (χ0n) is 33.9. The first-order chi connectivity index (χ1) is 29.3. The van der Waals surface area contributed by atoms with E-state index >= 15 is 0 Å². The quantitative estimate of drug-likeness (QED) is 0.167. The van der Waals surface area contributed by atoms with Crippen LogP contribution in [-0.2, 0) is 10.8 Å². The van der Waals surface area contributed by atoms with Crippen molar-refractivity contribution in [2.75, 3.05) is 9.80 Å². The van der Waals surface area contributed by atoms with Gasteiger partial charge in [0.2, 0.25) is 0 Å². The van der Waals surface area contributed by atoms with Crippen LogP contribution in [0.15, 0.2) is 182 Å². The minimum absolute atomic E-state index is 0.144. The molecule has 2 aromatic heterocycles. The zero-order valence-corrected chi connectivity index (χ0v) is 33.9. The Labute approximate surface area is 349 Å². The second-order valence-electron chi connectivity index (χ2n) is 16.6. The number of nitrogens with zero attached hydrogens (tertiary/aromatic N) is 8. The smallest absolute Gasteiger partial charge is 0.113 e. The van der Waals surface area contributed by atoms with Gasteiger partial charge in [0.05, 0.1) is 57.9 Å². The van der Waals surface area contributed by atoms with Crippen LogP contribution < -0.4 is 9.80 Å². The molecule has 0 saturated carbocycles. The summed E-state index contributed by atoms with van der Waals surface area (Å²) in [4.78, 5) is 4.72. The van der Waals surface area contributed by atoms with Crippen LogP contribution in [0.2, 0.25) is 0 Å². The van der Waals surface area contributed by atoms with Gasteiger partial charge in [0.1, 0.15) is 11.4 Å². The molecule has 4 heterocycles. The van der Waals surface area contributed by atoms with Crippen molar-refractivity contribution in [3.63, 3.8) is 0 Å². The molecular weight excluding hydrogens is 737 g/mol. The van der Waals surface area contributed by atoms with E-state index in [-0.39, 0.29) is 10.8 Å². The maximum absolute atomic E-state index is 4.67. The van der Waals surface area contributed by atoms with Crippen molar-refractivity contribution < 1.29 is 0 Å². The Morgan fingerprint density at radius 2 is 0.583 bits per heavy atom. The van der Waals surface area contributed by atoms with E-state index in [2.05, 4.69) is 228 Å². The Morgan fingerprint density at radius 1 is 0.317 bits per heavy atom. The van der Waals surface area contributed by atoms with Gasteiger partial charge in [0.15, 0.2) is 0 Å². The Hall–Kier alpha value is -7.58. The molecule has 0 aliphatic carbocycles. The van der Waals surface area contributed by atoms with E-state index in [0.29, 0.717) is 0 Å². The number of rotatable bonds is 6. The van der Waals surface area contributed by atoms with Gasteiger partial charge in [-0.25, -0.2) is 9.36 Å². The van der Waals surface area contributed by atoms with E-state index in [9.17, 15) is 0 Å². The third-order valence-electron chi connectivity index (χ3n) is 12.5. The number of fused-ring (bicyclic) bond motifs is 4. The van der Waals surface area contributed by atoms with Crippen molar-refractivity contribution in [3.05, 3.63) is 205 Å². The predicted octanol–water partition coefficient (Wildman–Crippen LogP) is 12.4. The van der Waals surface area contributed by atoms with Crippen molar-refractivity contribution in [2.24, 2.45) is 0 Å². The fourth-order valence-electron chi connectivity index (χ4n) is 9.39. The van der Waals surface area contributed by atoms with E-state index in [1.165, 1.54) is 22.3 Å². The molecule has 60 heavy (non-hydrogen) atoms. The molecule has 7 aromatic carbocycles. The van der Waals surface area contributed by atoms with Crippen LogP contribution in [0.4, 0.5) is 34.1 Å². The van der Waals surface area contributed by atoms with Gasteiger partial charge in [-0.2, -0.15) is 0 Å². The fourth-order valence-corrected chi connectivity index (χ4v) is 9.39. The molecule has 0 bridgehead atoms. The second-order valence-corrected chi connectivity index (χ2v) is 16.6. The average molecular weight is 779 g/mol. The van der Waals surface area contributed by atoms with Crippen LogP contribution in [0.25, 0.3) is 33.9 Å². The predicted molar refractivity (Wildman–Crippen MR) is 241 cm³/mol. The van der Waals surface area contributed by atoms with Crippen LogP contribution in [-0.4, -0.2) is 30.0 Å². The molecule has 290 valence electrons. The van der Waals surface area contributed by atoms with Crippen LogP contribution in [0.5, 0.6) is 0 Å². The fraction of sp³-hybridized carbons (Fsp3) is 0.115. The van der Waals surface area contributed by atoms with E-state index in [1.807, 2.05) is 21.8 Å². The highest BCUT2D eigenvalue weighted by Gasteiger charge is 2.38. The molecular formula is C52H42N8. The summed E-state index contributed by atoms with van der Waals surface area (Å²) in [6.45, 7) is 9.22. The second kappa shape index (κ2) is 13.5. The van der Waals surface area contributed by atoms with Gasteiger partial charge < -0.3 is 9.80 Å². The zero-order chi connectivity index (χ0) is 40.6. The van der Waals surface area contributed by atoms with E-state index in [0.717, 1.165) is 68.0 Å². The Kier molecular flexibility index (Phi) is 8.00. The third kappa shape index (κ3) is 5.44. The van der Waals surface area contributed by atoms with Crippen LogP contribution in [0, 0.1) is 0 Å². The summed E-state index contributed by atoms with van der Waals surface area (Å²) in [5, 5.41) is 18.7. The molecule has 8 nitrogen and oxygen atoms in total. The maximum atomic E-state index is 4.67. The van der Waals surface area contributed by atoms with Gasteiger partial charge in [-0.3, -0.25) is 0 Å². The summed E-state index contributed by atoms with van der Waals surface area (Å²) in [6, 6.07) is 59.9. The van der Waals surface area contributed by atoms with Gasteiger partial charge in [-0.05, 0) is 70.8 Å². The van der Waals surface area contributed by atoms with Gasteiger partial charge in [0, 0.05) is 22.0 Å². The maximum Gasteiger partial charge on any atom is 0.113 e. The summed E-state index contributed by atoms with van der Waals surface area (Å²) in [7, 11) is 0. The summed E-state index contributed by atoms with van der Waals surface area (Å²) >= 11 is 0. The summed E-state index contributed by atoms with van der Waals surface area (Å²) in [5.41, 5.74) is 16.9. The lowest BCUT2D eigenvalue weighted by molar-refractivity contribution is 0.631. The number of para-hydroxylation sites is 8. The van der Waals surface area contributed by atoms with E-state index < -0.39 is 0 Å². The molecule has 0 atom stereocenters. The highest BCUT2D eigenvalue weighted by atomic mass is 15.4. The molecule has 9 aromatic rings. The molecule has 0 radical (unpaired) electrons. The van der Waals surface area contributed by atoms with Crippen LogP contribution in [0.1, 0.15) is 49.9 Å². The number of hydrogen-bond acceptors (Lipinski definition) is 6. The average Bonchev–Trinajstić information content (AvgIpc) is 3.99. The molecule has 11 rings (SSSR count). The van der Waals surface area contributed by atoms with Gasteiger partial charge in [-0.15, -0.1) is 10.2 Å². The summed E-state index contributed by atoms with van der Waals surface area (Å²) < 4.78 is 3.76. The van der Waals surface area contributed by atoms with E-state index in [4.69, 9.17) is 0 Å². The molecule has 0 amide bonds. The molecule has 0 saturated heterocycles. The van der Waals surface area contributed by atoms with E-state index in [1.54, 1.807) is 0 Å². The largest absolute Gasteiger partial charge is 0.308 e. The molecule has 0 unspecified atom stereocenters. The number of benzene rings is 7. The first-order valence-electron chi connectivity index (χ1n) is 20.4. The van der Waals surface area contributed by atoms with Gasteiger partial charge in [0.25, 0.3) is 0 Å². The van der Waals surface area contributed by atoms with Crippen molar-refractivity contribution in [1.82, 2.24) is 30.0 Å². The monoisotopic (exact) mass is 778 g/mol. The summed E-state index contributed by atoms with van der Waals surface area (Å²) in [5.74, 6) is 0. The third-order valence-corrected chi connectivity index (χ3v) is 12.5. The van der Waals surface area contributed by atoms with Gasteiger partial charge in [-0.1, -0.05) is 159 Å². The normalized spacial score (nSPS) is 14.5. The van der Waals surface area contributed by atoms with Crippen LogP contribution in [0.3, 0.4) is 0 Å². The topological polar surface area (TPSA) is 67.9 Å². The SMILES string of the molecule is CC1(C)c2ccccc2N(c2ccccc2-n2cc(-c3ccc(-c4cn(-c5ccccc5N5c6ccccc6C(C)(C)c6ccccc65)nn4)cc3)nn2)c2ccccc21. The van der Waals surface area contributed by atoms with Gasteiger partial charge >= 0.3 is 0 Å². The van der Waals surface area contributed by atoms with Crippen molar-refractivity contribution in [3.8, 4) is 33.9 Å². The Balaban J connectivity index is 0.903. The molecule has 8 heteroatoms. The lowest BCUT2D eigenvalue weighted by atomic mass is 9.73. The Bertz CT molecular complexity index is 2770. The molecule has 2 aliphatic rings. The van der Waals surface area contributed by atoms with Crippen molar-refractivity contribution in [1.29, 1.82) is 0 Å². The van der Waals surface area contributed by atoms with Crippen molar-refractivity contribution in [2.45, 2.75) is 38.5 Å². The number of anilines is 6. The van der Waals surface area contributed by atoms with Crippen LogP contribution >= 0.6 is 0 Å². The molecule has 0 fully saturated rings. The molecule has 2 aliphatic heterocycles. The minimum Gasteiger partial charge on any atom is -0.308 e. The highest BCUT2D eigenvalue weighted by molar-refractivity contribution is 5.90. The Morgan fingerprint density at radius 3 is 0.900 bits per heavy atom. The molecule has 0 spiro atoms. The lowest BCUT2D eigenvalue weighted by Gasteiger charge is -2.42. The standard InChI is InChI=1S/C52H42N8/c1-51(2)37-17-5-9-21-43(37)59(44-22-10-6-18-38(44)51)49-27-15-13-25-47(49)57-33-41(53-55-57)35-29-31-36(32-30-35)42-34-58(56-54-42)48-26-14-16-28-50(48)60-45-23-11-7-19-39(45)52(3,4)40-20-8-12-24-46(40)60/h5-34H,1-4H3.